The van der Waals surface area contributed by atoms with Crippen LogP contribution >= 0.6 is 0 Å². The molecule has 1 aliphatic heterocycles. The van der Waals surface area contributed by atoms with Gasteiger partial charge in [-0.15, -0.1) is 0 Å². The first kappa shape index (κ1) is 31.6. The van der Waals surface area contributed by atoms with Gasteiger partial charge in [0.25, 0.3) is 0 Å². The van der Waals surface area contributed by atoms with Gasteiger partial charge in [0.2, 0.25) is 0 Å². The molecule has 0 aliphatic carbocycles. The molecular weight excluding hydrogens is 547 g/mol. The van der Waals surface area contributed by atoms with Gasteiger partial charge in [-0.25, -0.2) is 9.97 Å². The lowest BCUT2D eigenvalue weighted by atomic mass is 9.95. The zero-order valence-electron chi connectivity index (χ0n) is 26.5. The Kier molecular flexibility index (Phi) is 10.6. The first-order valence-electron chi connectivity index (χ1n) is 15.0. The minimum absolute atomic E-state index is 0.354. The van der Waals surface area contributed by atoms with Gasteiger partial charge in [-0.1, -0.05) is 39.3 Å². The van der Waals surface area contributed by atoms with E-state index in [2.05, 4.69) is 66.6 Å². The third-order valence-corrected chi connectivity index (χ3v) is 10.9. The Bertz CT molecular complexity index is 1220. The van der Waals surface area contributed by atoms with Gasteiger partial charge >= 0.3 is 0 Å². The van der Waals surface area contributed by atoms with Crippen LogP contribution < -0.4 is 15.1 Å². The summed E-state index contributed by atoms with van der Waals surface area (Å²) >= 11 is 0. The lowest BCUT2D eigenvalue weighted by Gasteiger charge is -2.28. The minimum Gasteiger partial charge on any atom is -0.363 e. The predicted octanol–water partition coefficient (Wildman–Crippen LogP) is 5.76. The highest BCUT2D eigenvalue weighted by atomic mass is 28.3. The zero-order chi connectivity index (χ0) is 29.6. The molecule has 0 amide bonds. The molecule has 1 unspecified atom stereocenters. The molecule has 3 aromatic heterocycles. The van der Waals surface area contributed by atoms with E-state index in [0.717, 1.165) is 85.3 Å². The monoisotopic (exact) mass is 597 g/mol. The van der Waals surface area contributed by atoms with Crippen molar-refractivity contribution in [1.29, 1.82) is 0 Å². The second-order valence-electron chi connectivity index (χ2n) is 13.9. The fraction of sp³-hybridized carbons (Fsp3) is 0.633. The van der Waals surface area contributed by atoms with Crippen molar-refractivity contribution in [3.8, 4) is 11.1 Å². The van der Waals surface area contributed by atoms with E-state index in [1.807, 2.05) is 42.0 Å². The van der Waals surface area contributed by atoms with Gasteiger partial charge in [-0.3, -0.25) is 0 Å². The Morgan fingerprint density at radius 2 is 1.66 bits per heavy atom. The number of hydrogen-bond donors (Lipinski definition) is 1. The zero-order valence-corrected chi connectivity index (χ0v) is 28.5. The minimum atomic E-state index is -1.19. The lowest BCUT2D eigenvalue weighted by molar-refractivity contribution is 0.0942. The molecular formula is C30H51N7O2Si2. The molecule has 4 heterocycles. The summed E-state index contributed by atoms with van der Waals surface area (Å²) in [6, 6.07) is 8.61. The summed E-state index contributed by atoms with van der Waals surface area (Å²) in [5, 5.41) is 8.42. The summed E-state index contributed by atoms with van der Waals surface area (Å²) in [6.45, 7) is 18.7. The van der Waals surface area contributed by atoms with Crippen molar-refractivity contribution in [2.45, 2.75) is 70.1 Å². The molecule has 0 bridgehead atoms. The number of nitrogens with one attached hydrogen (secondary N) is 1. The lowest BCUT2D eigenvalue weighted by Crippen LogP contribution is -2.34. The SMILES string of the molecule is CN(C)c1ccc(-c2cnn3c(N(COCC[Si](C)(C)C)COCC[Si](C)(C)C)cc(C4CCCNC4)nc23)cn1. The van der Waals surface area contributed by atoms with Crippen LogP contribution in [0.25, 0.3) is 16.8 Å². The van der Waals surface area contributed by atoms with E-state index >= 15 is 0 Å². The third-order valence-electron chi connectivity index (χ3n) is 7.52. The number of nitrogens with zero attached hydrogens (tertiary/aromatic N) is 6. The number of ether oxygens (including phenoxy) is 2. The van der Waals surface area contributed by atoms with Crippen molar-refractivity contribution in [2.75, 3.05) is 63.7 Å². The number of fused-ring (bicyclic) bond motifs is 1. The van der Waals surface area contributed by atoms with Crippen LogP contribution in [0.2, 0.25) is 51.4 Å². The molecule has 0 spiro atoms. The number of pyridine rings is 1. The van der Waals surface area contributed by atoms with E-state index in [-0.39, 0.29) is 0 Å². The number of anilines is 2. The van der Waals surface area contributed by atoms with Crippen molar-refractivity contribution >= 4 is 33.4 Å². The molecule has 1 aliphatic rings. The van der Waals surface area contributed by atoms with Crippen molar-refractivity contribution in [1.82, 2.24) is 24.9 Å². The van der Waals surface area contributed by atoms with Gasteiger partial charge in [0.05, 0.1) is 11.9 Å². The number of hydrogen-bond acceptors (Lipinski definition) is 8. The second kappa shape index (κ2) is 13.8. The second-order valence-corrected chi connectivity index (χ2v) is 25.2. The Labute approximate surface area is 248 Å². The van der Waals surface area contributed by atoms with Crippen LogP contribution in [0.5, 0.6) is 0 Å². The fourth-order valence-corrected chi connectivity index (χ4v) is 6.31. The van der Waals surface area contributed by atoms with E-state index < -0.39 is 16.1 Å². The quantitative estimate of drug-likeness (QED) is 0.143. The molecule has 1 N–H and O–H groups in total. The Morgan fingerprint density at radius 1 is 0.976 bits per heavy atom. The molecule has 1 saturated heterocycles. The first-order valence-corrected chi connectivity index (χ1v) is 22.5. The largest absolute Gasteiger partial charge is 0.363 e. The Morgan fingerprint density at radius 3 is 2.20 bits per heavy atom. The smallest absolute Gasteiger partial charge is 0.165 e. The highest BCUT2D eigenvalue weighted by Crippen LogP contribution is 2.31. The Hall–Kier alpha value is -2.32. The van der Waals surface area contributed by atoms with Crippen molar-refractivity contribution in [3.63, 3.8) is 0 Å². The van der Waals surface area contributed by atoms with Gasteiger partial charge in [-0.2, -0.15) is 9.61 Å². The molecule has 3 aromatic rings. The summed E-state index contributed by atoms with van der Waals surface area (Å²) in [4.78, 5) is 14.1. The van der Waals surface area contributed by atoms with Crippen molar-refractivity contribution in [2.24, 2.45) is 0 Å². The summed E-state index contributed by atoms with van der Waals surface area (Å²) < 4.78 is 14.5. The van der Waals surface area contributed by atoms with Crippen LogP contribution in [0.1, 0.15) is 24.5 Å². The van der Waals surface area contributed by atoms with Gasteiger partial charge < -0.3 is 24.6 Å². The summed E-state index contributed by atoms with van der Waals surface area (Å²) in [7, 11) is 1.61. The topological polar surface area (TPSA) is 80.1 Å². The molecule has 1 atom stereocenters. The summed E-state index contributed by atoms with van der Waals surface area (Å²) in [5.41, 5.74) is 3.92. The summed E-state index contributed by atoms with van der Waals surface area (Å²) in [5.74, 6) is 2.23. The standard InChI is InChI=1S/C30H51N7O2Si2/c1-35(2)28-12-11-24(20-32-28)26-21-33-37-29(18-27(34-30(26)37)25-10-9-13-31-19-25)36(22-38-14-16-40(3,4)5)23-39-15-17-41(6,7)8/h11-12,18,20-21,25,31H,9-10,13-17,19,22-23H2,1-8H3. The number of piperidine rings is 1. The van der Waals surface area contributed by atoms with E-state index in [4.69, 9.17) is 19.6 Å². The molecule has 11 heteroatoms. The molecule has 4 rings (SSSR count). The third kappa shape index (κ3) is 9.08. The average molecular weight is 598 g/mol. The van der Waals surface area contributed by atoms with E-state index in [1.165, 1.54) is 0 Å². The molecule has 1 fully saturated rings. The van der Waals surface area contributed by atoms with Gasteiger partial charge in [0.15, 0.2) is 5.65 Å². The van der Waals surface area contributed by atoms with Crippen molar-refractivity contribution < 1.29 is 9.47 Å². The van der Waals surface area contributed by atoms with Crippen molar-refractivity contribution in [3.05, 3.63) is 36.3 Å². The van der Waals surface area contributed by atoms with E-state index in [1.54, 1.807) is 0 Å². The fourth-order valence-electron chi connectivity index (χ4n) is 4.79. The van der Waals surface area contributed by atoms with E-state index in [0.29, 0.717) is 19.4 Å². The maximum Gasteiger partial charge on any atom is 0.165 e. The van der Waals surface area contributed by atoms with Crippen LogP contribution in [0.15, 0.2) is 30.6 Å². The predicted molar refractivity (Wildman–Crippen MR) is 176 cm³/mol. The molecule has 41 heavy (non-hydrogen) atoms. The highest BCUT2D eigenvalue weighted by molar-refractivity contribution is 6.76. The average Bonchev–Trinajstić information content (AvgIpc) is 3.35. The van der Waals surface area contributed by atoms with Crippen LogP contribution in [0.3, 0.4) is 0 Å². The Balaban J connectivity index is 1.71. The van der Waals surface area contributed by atoms with Crippen LogP contribution in [0.4, 0.5) is 11.6 Å². The molecule has 0 saturated carbocycles. The number of aromatic nitrogens is 4. The maximum atomic E-state index is 6.29. The summed E-state index contributed by atoms with van der Waals surface area (Å²) in [6.07, 6.45) is 6.10. The normalized spacial score (nSPS) is 16.3. The molecule has 9 nitrogen and oxygen atoms in total. The molecule has 226 valence electrons. The first-order chi connectivity index (χ1) is 19.4. The number of rotatable bonds is 14. The van der Waals surface area contributed by atoms with Gasteiger partial charge in [0.1, 0.15) is 25.1 Å². The van der Waals surface area contributed by atoms with E-state index in [9.17, 15) is 0 Å². The van der Waals surface area contributed by atoms with Gasteiger partial charge in [0, 0.05) is 79.3 Å². The molecule has 0 aromatic carbocycles. The molecule has 0 radical (unpaired) electrons. The maximum absolute atomic E-state index is 6.29. The van der Waals surface area contributed by atoms with Gasteiger partial charge in [-0.05, 0) is 43.6 Å². The van der Waals surface area contributed by atoms with Crippen LogP contribution in [-0.2, 0) is 9.47 Å². The highest BCUT2D eigenvalue weighted by Gasteiger charge is 2.24. The van der Waals surface area contributed by atoms with Crippen LogP contribution in [-0.4, -0.2) is 89.6 Å². The van der Waals surface area contributed by atoms with Crippen LogP contribution in [0, 0.1) is 0 Å².